The summed E-state index contributed by atoms with van der Waals surface area (Å²) in [6.45, 7) is 8.11. The largest absolute Gasteiger partial charge is 0.392 e. The molecule has 55 heavy (non-hydrogen) atoms. The third-order valence-corrected chi connectivity index (χ3v) is 16.7. The van der Waals surface area contributed by atoms with E-state index in [0.717, 1.165) is 37.9 Å². The van der Waals surface area contributed by atoms with Crippen molar-refractivity contribution in [2.24, 2.45) is 20.9 Å². The standard InChI is InChI=1S/C30H25NOP2.C16H24N2O2.Tb/c32-34(29-22-12-4-13-23-29,30-24-14-5-15-25-30)31-33(26-16-6-1-7-17-26,27-18-8-2-9-19-27)28-20-10-3-11-21-28;1-11-14(13(19)10-16(2,3)4)15(20)18(17-11)12-8-6-5-7-9-12;/h1-25H;5-9,13-15,19-20H,10H2,1-4H3;. The van der Waals surface area contributed by atoms with Gasteiger partial charge in [0.2, 0.25) is 7.29 Å². The van der Waals surface area contributed by atoms with Crippen LogP contribution in [0.2, 0.25) is 0 Å². The van der Waals surface area contributed by atoms with Gasteiger partial charge in [0.05, 0.1) is 24.8 Å². The molecule has 0 fully saturated rings. The second-order valence-corrected chi connectivity index (χ2v) is 20.4. The fraction of sp³-hybridized carbons (Fsp3) is 0.196. The van der Waals surface area contributed by atoms with E-state index in [-0.39, 0.29) is 49.9 Å². The SMILES string of the molecule is CC1=NN(c2ccccc2)C(O)C1C(O)CC(C)(C)C.O=P(N=P(c1ccccc1)(c1ccccc1)c1ccccc1)(c1ccccc1)c1ccccc1.[Tb]. The number of para-hydroxylation sites is 1. The number of hydrazone groups is 1. The van der Waals surface area contributed by atoms with Crippen LogP contribution in [0.5, 0.6) is 0 Å². The number of aliphatic hydroxyl groups excluding tert-OH is 2. The summed E-state index contributed by atoms with van der Waals surface area (Å²) >= 11 is 0. The van der Waals surface area contributed by atoms with Gasteiger partial charge in [-0.25, -0.2) is 9.52 Å². The number of hydrogen-bond donors (Lipinski definition) is 2. The maximum Gasteiger partial charge on any atom is 0.247 e. The van der Waals surface area contributed by atoms with Crippen LogP contribution in [-0.4, -0.2) is 28.3 Å². The molecule has 3 unspecified atom stereocenters. The first-order valence-electron chi connectivity index (χ1n) is 18.3. The minimum atomic E-state index is -3.37. The molecule has 6 aromatic rings. The molecule has 6 nitrogen and oxygen atoms in total. The molecule has 2 N–H and O–H groups in total. The number of rotatable bonds is 9. The molecule has 0 aromatic heterocycles. The minimum absolute atomic E-state index is 0. The van der Waals surface area contributed by atoms with E-state index < -0.39 is 26.7 Å². The molecule has 1 heterocycles. The van der Waals surface area contributed by atoms with Gasteiger partial charge < -0.3 is 10.2 Å². The van der Waals surface area contributed by atoms with E-state index in [1.165, 1.54) is 0 Å². The van der Waals surface area contributed by atoms with Gasteiger partial charge in [0, 0.05) is 70.8 Å². The van der Waals surface area contributed by atoms with Crippen LogP contribution in [0.25, 0.3) is 0 Å². The Balaban J connectivity index is 0.000000237. The van der Waals surface area contributed by atoms with Crippen LogP contribution in [0.4, 0.5) is 5.69 Å². The van der Waals surface area contributed by atoms with Crippen molar-refractivity contribution >= 4 is 52.3 Å². The summed E-state index contributed by atoms with van der Waals surface area (Å²) in [4.78, 5) is 0. The average molecular weight is 913 g/mol. The van der Waals surface area contributed by atoms with Crippen LogP contribution in [0, 0.1) is 49.9 Å². The number of anilines is 1. The van der Waals surface area contributed by atoms with Gasteiger partial charge in [-0.1, -0.05) is 166 Å². The molecule has 7 rings (SSSR count). The molecule has 1 radical (unpaired) electrons. The van der Waals surface area contributed by atoms with Crippen LogP contribution in [0.15, 0.2) is 192 Å². The molecule has 285 valence electrons. The van der Waals surface area contributed by atoms with Gasteiger partial charge in [-0.05, 0) is 55.2 Å². The molecule has 0 saturated carbocycles. The van der Waals surface area contributed by atoms with Gasteiger partial charge in [0.1, 0.15) is 0 Å². The van der Waals surface area contributed by atoms with Gasteiger partial charge in [-0.2, -0.15) is 5.10 Å². The van der Waals surface area contributed by atoms with Gasteiger partial charge in [0.25, 0.3) is 0 Å². The fourth-order valence-electron chi connectivity index (χ4n) is 6.92. The van der Waals surface area contributed by atoms with Crippen molar-refractivity contribution in [1.29, 1.82) is 0 Å². The van der Waals surface area contributed by atoms with Crippen LogP contribution in [-0.2, 0) is 4.57 Å². The molecule has 1 aliphatic rings. The third kappa shape index (κ3) is 9.89. The average Bonchev–Trinajstić information content (AvgIpc) is 3.51. The van der Waals surface area contributed by atoms with E-state index in [2.05, 4.69) is 62.3 Å². The van der Waals surface area contributed by atoms with Crippen molar-refractivity contribution in [3.8, 4) is 0 Å². The first-order chi connectivity index (χ1) is 26.0. The number of benzene rings is 6. The summed E-state index contributed by atoms with van der Waals surface area (Å²) in [7, 11) is -6.01. The summed E-state index contributed by atoms with van der Waals surface area (Å²) in [5.74, 6) is -0.338. The van der Waals surface area contributed by atoms with Gasteiger partial charge in [-0.15, -0.1) is 0 Å². The van der Waals surface area contributed by atoms with Crippen LogP contribution in [0.1, 0.15) is 34.1 Å². The van der Waals surface area contributed by atoms with E-state index in [0.29, 0.717) is 6.42 Å². The quantitative estimate of drug-likeness (QED) is 0.142. The Morgan fingerprint density at radius 2 is 0.945 bits per heavy atom. The zero-order valence-electron chi connectivity index (χ0n) is 31.6. The molecular formula is C46H49N3O3P2Tb. The van der Waals surface area contributed by atoms with E-state index in [1.807, 2.05) is 153 Å². The summed E-state index contributed by atoms with van der Waals surface area (Å²) in [6, 6.07) is 60.0. The van der Waals surface area contributed by atoms with Crippen molar-refractivity contribution in [2.75, 3.05) is 5.01 Å². The summed E-state index contributed by atoms with van der Waals surface area (Å²) < 4.78 is 20.8. The minimum Gasteiger partial charge on any atom is -0.392 e. The monoisotopic (exact) mass is 912 g/mol. The van der Waals surface area contributed by atoms with Crippen LogP contribution >= 0.6 is 14.3 Å². The molecule has 0 spiro atoms. The number of nitrogens with zero attached hydrogens (tertiary/aromatic N) is 3. The predicted octanol–water partition coefficient (Wildman–Crippen LogP) is 8.71. The first-order valence-corrected chi connectivity index (χ1v) is 21.7. The molecule has 0 amide bonds. The van der Waals surface area contributed by atoms with Crippen LogP contribution in [0.3, 0.4) is 0 Å². The second-order valence-electron chi connectivity index (χ2n) is 14.7. The smallest absolute Gasteiger partial charge is 0.247 e. The van der Waals surface area contributed by atoms with Crippen molar-refractivity contribution in [2.45, 2.75) is 46.4 Å². The molecule has 9 heteroatoms. The van der Waals surface area contributed by atoms with Crippen molar-refractivity contribution in [1.82, 2.24) is 0 Å². The molecule has 3 atom stereocenters. The Hall–Kier alpha value is -3.54. The molecule has 0 saturated heterocycles. The Bertz CT molecular complexity index is 2070. The molecule has 0 bridgehead atoms. The van der Waals surface area contributed by atoms with Gasteiger partial charge >= 0.3 is 0 Å². The van der Waals surface area contributed by atoms with Gasteiger partial charge in [0.15, 0.2) is 6.23 Å². The normalized spacial score (nSPS) is 16.2. The third-order valence-electron chi connectivity index (χ3n) is 9.44. The van der Waals surface area contributed by atoms with E-state index in [4.69, 9.17) is 4.52 Å². The summed E-state index contributed by atoms with van der Waals surface area (Å²) in [6.07, 6.45) is -0.776. The van der Waals surface area contributed by atoms with E-state index >= 15 is 4.57 Å². The molecule has 1 aliphatic heterocycles. The Kier molecular flexibility index (Phi) is 14.8. The second kappa shape index (κ2) is 19.1. The van der Waals surface area contributed by atoms with Crippen molar-refractivity contribution in [3.05, 3.63) is 182 Å². The molecule has 0 aliphatic carbocycles. The zero-order valence-corrected chi connectivity index (χ0v) is 35.6. The topological polar surface area (TPSA) is 85.5 Å². The molecular weight excluding hydrogens is 863 g/mol. The fourth-order valence-corrected chi connectivity index (χ4v) is 14.7. The van der Waals surface area contributed by atoms with Crippen molar-refractivity contribution in [3.63, 3.8) is 0 Å². The van der Waals surface area contributed by atoms with E-state index in [9.17, 15) is 10.2 Å². The Labute approximate surface area is 357 Å². The van der Waals surface area contributed by atoms with Crippen molar-refractivity contribution < 1.29 is 53.4 Å². The van der Waals surface area contributed by atoms with E-state index in [1.54, 1.807) is 5.01 Å². The molecule has 6 aromatic carbocycles. The zero-order chi connectivity index (χ0) is 38.2. The Morgan fingerprint density at radius 1 is 0.618 bits per heavy atom. The summed E-state index contributed by atoms with van der Waals surface area (Å²) in [5.41, 5.74) is 1.63. The summed E-state index contributed by atoms with van der Waals surface area (Å²) in [5, 5.41) is 31.7. The maximum atomic E-state index is 15.2. The number of hydrogen-bond acceptors (Lipinski definition) is 5. The van der Waals surface area contributed by atoms with Crippen LogP contribution < -0.4 is 31.5 Å². The maximum absolute atomic E-state index is 15.2. The first kappa shape index (κ1) is 42.6. The number of aliphatic hydroxyl groups is 2. The predicted molar refractivity (Wildman–Crippen MR) is 229 cm³/mol. The Morgan fingerprint density at radius 3 is 1.29 bits per heavy atom. The van der Waals surface area contributed by atoms with Gasteiger partial charge in [-0.3, -0.25) is 4.57 Å².